The summed E-state index contributed by atoms with van der Waals surface area (Å²) in [5.41, 5.74) is 2.25. The van der Waals surface area contributed by atoms with Crippen molar-refractivity contribution in [3.8, 4) is 5.75 Å². The number of carboxylic acid groups (broad SMARTS) is 1. The van der Waals surface area contributed by atoms with E-state index < -0.39 is 5.97 Å². The maximum atomic E-state index is 10.8. The second-order valence-electron chi connectivity index (χ2n) is 6.65. The van der Waals surface area contributed by atoms with Crippen molar-refractivity contribution in [3.05, 3.63) is 29.3 Å². The molecular weight excluding hydrogens is 266 g/mol. The SMILES string of the molecule is CC(C)N(CCC(=O)O)Cc1cccc2c1OC(C)(C)C2. The summed E-state index contributed by atoms with van der Waals surface area (Å²) < 4.78 is 6.09. The molecule has 0 saturated heterocycles. The maximum Gasteiger partial charge on any atom is 0.304 e. The topological polar surface area (TPSA) is 49.8 Å². The number of carboxylic acids is 1. The molecule has 0 spiro atoms. The Labute approximate surface area is 126 Å². The zero-order valence-electron chi connectivity index (χ0n) is 13.3. The summed E-state index contributed by atoms with van der Waals surface area (Å²) in [5, 5.41) is 8.88. The van der Waals surface area contributed by atoms with Crippen LogP contribution >= 0.6 is 0 Å². The number of benzene rings is 1. The molecule has 0 fully saturated rings. The molecule has 1 aliphatic rings. The first-order chi connectivity index (χ1) is 9.78. The second kappa shape index (κ2) is 6.06. The van der Waals surface area contributed by atoms with Crippen LogP contribution in [0.2, 0.25) is 0 Å². The second-order valence-corrected chi connectivity index (χ2v) is 6.65. The van der Waals surface area contributed by atoms with Crippen LogP contribution in [0.5, 0.6) is 5.75 Å². The minimum Gasteiger partial charge on any atom is -0.487 e. The van der Waals surface area contributed by atoms with Gasteiger partial charge in [-0.2, -0.15) is 0 Å². The Bertz CT molecular complexity index is 523. The largest absolute Gasteiger partial charge is 0.487 e. The first-order valence-electron chi connectivity index (χ1n) is 7.54. The van der Waals surface area contributed by atoms with Crippen LogP contribution < -0.4 is 4.74 Å². The van der Waals surface area contributed by atoms with Crippen molar-refractivity contribution in [2.45, 2.75) is 58.7 Å². The summed E-state index contributed by atoms with van der Waals surface area (Å²) in [7, 11) is 0. The van der Waals surface area contributed by atoms with Crippen molar-refractivity contribution < 1.29 is 14.6 Å². The number of nitrogens with zero attached hydrogens (tertiary/aromatic N) is 1. The average molecular weight is 291 g/mol. The van der Waals surface area contributed by atoms with E-state index in [1.807, 2.05) is 0 Å². The molecule has 0 unspecified atom stereocenters. The van der Waals surface area contributed by atoms with E-state index in [1.54, 1.807) is 0 Å². The van der Waals surface area contributed by atoms with Crippen LogP contribution in [0.15, 0.2) is 18.2 Å². The number of hydrogen-bond acceptors (Lipinski definition) is 3. The number of fused-ring (bicyclic) bond motifs is 1. The lowest BCUT2D eigenvalue weighted by atomic mass is 10.0. The molecule has 1 heterocycles. The molecule has 2 rings (SSSR count). The predicted molar refractivity (Wildman–Crippen MR) is 82.7 cm³/mol. The van der Waals surface area contributed by atoms with Crippen LogP contribution in [-0.4, -0.2) is 34.2 Å². The van der Waals surface area contributed by atoms with E-state index >= 15 is 0 Å². The monoisotopic (exact) mass is 291 g/mol. The highest BCUT2D eigenvalue weighted by Gasteiger charge is 2.31. The fourth-order valence-electron chi connectivity index (χ4n) is 2.78. The smallest absolute Gasteiger partial charge is 0.304 e. The Balaban J connectivity index is 2.15. The van der Waals surface area contributed by atoms with Crippen molar-refractivity contribution in [1.82, 2.24) is 4.90 Å². The van der Waals surface area contributed by atoms with E-state index in [0.29, 0.717) is 12.6 Å². The third-order valence-electron chi connectivity index (χ3n) is 3.89. The van der Waals surface area contributed by atoms with Crippen molar-refractivity contribution in [3.63, 3.8) is 0 Å². The molecule has 1 aromatic carbocycles. The van der Waals surface area contributed by atoms with Crippen LogP contribution in [0.25, 0.3) is 0 Å². The molecule has 0 radical (unpaired) electrons. The van der Waals surface area contributed by atoms with Gasteiger partial charge < -0.3 is 9.84 Å². The molecule has 0 amide bonds. The van der Waals surface area contributed by atoms with Crippen LogP contribution in [0.4, 0.5) is 0 Å². The normalized spacial score (nSPS) is 16.1. The van der Waals surface area contributed by atoms with Gasteiger partial charge in [0, 0.05) is 31.1 Å². The summed E-state index contributed by atoms with van der Waals surface area (Å²) >= 11 is 0. The van der Waals surface area contributed by atoms with Gasteiger partial charge in [0.15, 0.2) is 0 Å². The zero-order chi connectivity index (χ0) is 15.6. The molecule has 1 aromatic rings. The molecule has 4 heteroatoms. The van der Waals surface area contributed by atoms with Gasteiger partial charge >= 0.3 is 5.97 Å². The number of aliphatic carboxylic acids is 1. The van der Waals surface area contributed by atoms with Crippen molar-refractivity contribution >= 4 is 5.97 Å². The number of hydrogen-bond donors (Lipinski definition) is 1. The molecule has 1 aliphatic heterocycles. The first-order valence-corrected chi connectivity index (χ1v) is 7.54. The van der Waals surface area contributed by atoms with Gasteiger partial charge in [0.05, 0.1) is 6.42 Å². The van der Waals surface area contributed by atoms with Crippen LogP contribution in [0.3, 0.4) is 0 Å². The number of ether oxygens (including phenoxy) is 1. The summed E-state index contributed by atoms with van der Waals surface area (Å²) in [4.78, 5) is 13.0. The lowest BCUT2D eigenvalue weighted by Gasteiger charge is -2.27. The van der Waals surface area contributed by atoms with Crippen molar-refractivity contribution in [1.29, 1.82) is 0 Å². The maximum absolute atomic E-state index is 10.8. The minimum absolute atomic E-state index is 0.151. The minimum atomic E-state index is -0.753. The molecule has 0 aromatic heterocycles. The predicted octanol–water partition coefficient (Wildman–Crippen LogP) is 3.09. The highest BCUT2D eigenvalue weighted by molar-refractivity contribution is 5.66. The highest BCUT2D eigenvalue weighted by Crippen LogP contribution is 2.38. The molecule has 21 heavy (non-hydrogen) atoms. The van der Waals surface area contributed by atoms with Gasteiger partial charge in [-0.3, -0.25) is 9.69 Å². The van der Waals surface area contributed by atoms with E-state index in [0.717, 1.165) is 24.3 Å². The van der Waals surface area contributed by atoms with E-state index in [4.69, 9.17) is 9.84 Å². The molecule has 0 aliphatic carbocycles. The zero-order valence-corrected chi connectivity index (χ0v) is 13.3. The van der Waals surface area contributed by atoms with Gasteiger partial charge in [0.25, 0.3) is 0 Å². The van der Waals surface area contributed by atoms with Gasteiger partial charge in [-0.15, -0.1) is 0 Å². The quantitative estimate of drug-likeness (QED) is 0.875. The Hall–Kier alpha value is -1.55. The van der Waals surface area contributed by atoms with Gasteiger partial charge in [-0.05, 0) is 33.3 Å². The molecule has 0 bridgehead atoms. The lowest BCUT2D eigenvalue weighted by molar-refractivity contribution is -0.137. The summed E-state index contributed by atoms with van der Waals surface area (Å²) in [6.45, 7) is 9.67. The fourth-order valence-corrected chi connectivity index (χ4v) is 2.78. The first kappa shape index (κ1) is 15.8. The number of para-hydroxylation sites is 1. The molecule has 0 atom stereocenters. The number of rotatable bonds is 6. The Morgan fingerprint density at radius 2 is 2.14 bits per heavy atom. The Kier molecular flexibility index (Phi) is 4.57. The van der Waals surface area contributed by atoms with Crippen LogP contribution in [-0.2, 0) is 17.8 Å². The highest BCUT2D eigenvalue weighted by atomic mass is 16.5. The summed E-state index contributed by atoms with van der Waals surface area (Å²) in [6, 6.07) is 6.56. The molecule has 116 valence electrons. The third kappa shape index (κ3) is 3.97. The fraction of sp³-hybridized carbons (Fsp3) is 0.588. The van der Waals surface area contributed by atoms with Crippen LogP contribution in [0.1, 0.15) is 45.2 Å². The average Bonchev–Trinajstić information content (AvgIpc) is 2.68. The molecule has 0 saturated carbocycles. The molecule has 1 N–H and O–H groups in total. The van der Waals surface area contributed by atoms with Gasteiger partial charge in [0.2, 0.25) is 0 Å². The van der Waals surface area contributed by atoms with Crippen molar-refractivity contribution in [2.24, 2.45) is 0 Å². The van der Waals surface area contributed by atoms with Crippen molar-refractivity contribution in [2.75, 3.05) is 6.54 Å². The third-order valence-corrected chi connectivity index (χ3v) is 3.89. The Morgan fingerprint density at radius 3 is 2.76 bits per heavy atom. The Morgan fingerprint density at radius 1 is 1.43 bits per heavy atom. The lowest BCUT2D eigenvalue weighted by Crippen LogP contribution is -2.32. The van der Waals surface area contributed by atoms with Gasteiger partial charge in [-0.25, -0.2) is 0 Å². The van der Waals surface area contributed by atoms with Crippen LogP contribution in [0, 0.1) is 0 Å². The van der Waals surface area contributed by atoms with E-state index in [1.165, 1.54) is 5.56 Å². The van der Waals surface area contributed by atoms with E-state index in [-0.39, 0.29) is 12.0 Å². The van der Waals surface area contributed by atoms with Gasteiger partial charge in [0.1, 0.15) is 11.4 Å². The summed E-state index contributed by atoms with van der Waals surface area (Å²) in [5.74, 6) is 0.236. The van der Waals surface area contributed by atoms with Gasteiger partial charge in [-0.1, -0.05) is 18.2 Å². The number of carbonyl (C=O) groups is 1. The van der Waals surface area contributed by atoms with E-state index in [9.17, 15) is 4.79 Å². The molecule has 4 nitrogen and oxygen atoms in total. The summed E-state index contributed by atoms with van der Waals surface area (Å²) in [6.07, 6.45) is 1.09. The molecular formula is C17H25NO3. The van der Waals surface area contributed by atoms with E-state index in [2.05, 4.69) is 50.8 Å². The standard InChI is InChI=1S/C17H25NO3/c1-12(2)18(9-8-15(19)20)11-14-7-5-6-13-10-17(3,4)21-16(13)14/h5-7,12H,8-11H2,1-4H3,(H,19,20).